The number of benzene rings is 1. The van der Waals surface area contributed by atoms with Crippen molar-refractivity contribution in [1.82, 2.24) is 5.32 Å². The van der Waals surface area contributed by atoms with Gasteiger partial charge >= 0.3 is 5.97 Å². The van der Waals surface area contributed by atoms with Crippen LogP contribution < -0.4 is 10.1 Å². The summed E-state index contributed by atoms with van der Waals surface area (Å²) in [5, 5.41) is 2.40. The fourth-order valence-electron chi connectivity index (χ4n) is 1.30. The van der Waals surface area contributed by atoms with Gasteiger partial charge in [0.1, 0.15) is 5.75 Å². The molecule has 0 saturated carbocycles. The van der Waals surface area contributed by atoms with Crippen LogP contribution in [0.3, 0.4) is 0 Å². The third-order valence-corrected chi connectivity index (χ3v) is 2.19. The highest BCUT2D eigenvalue weighted by atomic mass is 16.6. The minimum absolute atomic E-state index is 0.310. The molecular weight excluding hydrogens is 210 g/mol. The minimum Gasteiger partial charge on any atom is -0.425 e. The van der Waals surface area contributed by atoms with Gasteiger partial charge in [-0.25, -0.2) is 4.79 Å². The molecule has 1 amide bonds. The number of carbonyl (C=O) groups excluding carboxylic acids is 2. The lowest BCUT2D eigenvalue weighted by Gasteiger charge is -2.00. The highest BCUT2D eigenvalue weighted by Crippen LogP contribution is 2.24. The van der Waals surface area contributed by atoms with Crippen LogP contribution in [0.15, 0.2) is 30.3 Å². The zero-order valence-corrected chi connectivity index (χ0v) is 8.67. The van der Waals surface area contributed by atoms with Gasteiger partial charge in [0.15, 0.2) is 12.2 Å². The quantitative estimate of drug-likeness (QED) is 0.446. The number of ether oxygens (including phenoxy) is 2. The van der Waals surface area contributed by atoms with E-state index < -0.39 is 18.2 Å². The van der Waals surface area contributed by atoms with Gasteiger partial charge in [-0.15, -0.1) is 0 Å². The molecule has 2 unspecified atom stereocenters. The van der Waals surface area contributed by atoms with E-state index in [4.69, 9.17) is 9.47 Å². The molecule has 0 bridgehead atoms. The molecule has 5 nitrogen and oxygen atoms in total. The molecule has 2 atom stereocenters. The first kappa shape index (κ1) is 10.6. The molecule has 1 aliphatic rings. The maximum atomic E-state index is 11.5. The Morgan fingerprint density at radius 3 is 2.56 bits per heavy atom. The van der Waals surface area contributed by atoms with Crippen molar-refractivity contribution < 1.29 is 19.1 Å². The third-order valence-electron chi connectivity index (χ3n) is 2.19. The average Bonchev–Trinajstić information content (AvgIpc) is 3.09. The Morgan fingerprint density at radius 1 is 1.25 bits per heavy atom. The summed E-state index contributed by atoms with van der Waals surface area (Å²) in [6, 6.07) is 8.65. The smallest absolute Gasteiger partial charge is 0.344 e. The summed E-state index contributed by atoms with van der Waals surface area (Å²) in [6.07, 6.45) is -1.48. The van der Waals surface area contributed by atoms with E-state index in [0.717, 1.165) is 0 Å². The highest BCUT2D eigenvalue weighted by Gasteiger charge is 2.51. The second kappa shape index (κ2) is 4.32. The SMILES string of the molecule is CNC(=O)C1OC1C(=O)Oc1ccccc1. The van der Waals surface area contributed by atoms with Gasteiger partial charge < -0.3 is 14.8 Å². The molecule has 16 heavy (non-hydrogen) atoms. The maximum absolute atomic E-state index is 11.5. The first-order valence-electron chi connectivity index (χ1n) is 4.86. The fraction of sp³-hybridized carbons (Fsp3) is 0.273. The summed E-state index contributed by atoms with van der Waals surface area (Å²) in [7, 11) is 1.49. The zero-order chi connectivity index (χ0) is 11.5. The Kier molecular flexibility index (Phi) is 2.87. The molecule has 1 saturated heterocycles. The topological polar surface area (TPSA) is 67.9 Å². The van der Waals surface area contributed by atoms with E-state index in [2.05, 4.69) is 5.32 Å². The van der Waals surface area contributed by atoms with Crippen LogP contribution in [0.4, 0.5) is 0 Å². The number of hydrogen-bond donors (Lipinski definition) is 1. The molecule has 0 aromatic heterocycles. The molecule has 0 aliphatic carbocycles. The fourth-order valence-corrected chi connectivity index (χ4v) is 1.30. The number of carbonyl (C=O) groups is 2. The Morgan fingerprint density at radius 2 is 1.94 bits per heavy atom. The van der Waals surface area contributed by atoms with Gasteiger partial charge in [0.2, 0.25) is 0 Å². The Balaban J connectivity index is 1.89. The summed E-state index contributed by atoms with van der Waals surface area (Å²) >= 11 is 0. The normalized spacial score (nSPS) is 22.3. The molecule has 0 radical (unpaired) electrons. The van der Waals surface area contributed by atoms with E-state index in [0.29, 0.717) is 5.75 Å². The first-order valence-corrected chi connectivity index (χ1v) is 4.86. The van der Waals surface area contributed by atoms with Crippen LogP contribution in [0.1, 0.15) is 0 Å². The zero-order valence-electron chi connectivity index (χ0n) is 8.67. The van der Waals surface area contributed by atoms with Crippen molar-refractivity contribution in [3.63, 3.8) is 0 Å². The number of esters is 1. The van der Waals surface area contributed by atoms with Crippen LogP contribution in [0.2, 0.25) is 0 Å². The van der Waals surface area contributed by atoms with Crippen molar-refractivity contribution in [3.05, 3.63) is 30.3 Å². The molecule has 1 fully saturated rings. The summed E-state index contributed by atoms with van der Waals surface area (Å²) in [5.41, 5.74) is 0. The van der Waals surface area contributed by atoms with E-state index in [1.54, 1.807) is 24.3 Å². The molecule has 2 rings (SSSR count). The Hall–Kier alpha value is -1.88. The monoisotopic (exact) mass is 221 g/mol. The Labute approximate surface area is 92.4 Å². The summed E-state index contributed by atoms with van der Waals surface area (Å²) in [4.78, 5) is 22.6. The summed E-state index contributed by atoms with van der Waals surface area (Å²) in [5.74, 6) is -0.409. The average molecular weight is 221 g/mol. The lowest BCUT2D eigenvalue weighted by atomic mass is 10.3. The van der Waals surface area contributed by atoms with E-state index in [1.807, 2.05) is 6.07 Å². The van der Waals surface area contributed by atoms with Gasteiger partial charge in [0.05, 0.1) is 0 Å². The number of epoxide rings is 1. The number of hydrogen-bond acceptors (Lipinski definition) is 4. The van der Waals surface area contributed by atoms with Crippen LogP contribution in [-0.2, 0) is 14.3 Å². The van der Waals surface area contributed by atoms with Crippen molar-refractivity contribution in [3.8, 4) is 5.75 Å². The number of nitrogens with one attached hydrogen (secondary N) is 1. The second-order valence-electron chi connectivity index (χ2n) is 3.33. The number of rotatable bonds is 3. The standard InChI is InChI=1S/C11H11NO4/c1-12-10(13)8-9(16-8)11(14)15-7-5-3-2-4-6-7/h2-6,8-9H,1H3,(H,12,13). The van der Waals surface area contributed by atoms with E-state index >= 15 is 0 Å². The third kappa shape index (κ3) is 2.20. The molecule has 1 heterocycles. The van der Waals surface area contributed by atoms with E-state index in [9.17, 15) is 9.59 Å². The second-order valence-corrected chi connectivity index (χ2v) is 3.33. The van der Waals surface area contributed by atoms with Gasteiger partial charge in [-0.3, -0.25) is 4.79 Å². The lowest BCUT2D eigenvalue weighted by molar-refractivity contribution is -0.136. The molecule has 5 heteroatoms. The molecule has 1 aliphatic heterocycles. The first-order chi connectivity index (χ1) is 7.72. The van der Waals surface area contributed by atoms with Gasteiger partial charge in [0.25, 0.3) is 5.91 Å². The van der Waals surface area contributed by atoms with Gasteiger partial charge in [-0.2, -0.15) is 0 Å². The summed E-state index contributed by atoms with van der Waals surface area (Å²) < 4.78 is 9.94. The van der Waals surface area contributed by atoms with Crippen molar-refractivity contribution >= 4 is 11.9 Å². The number of likely N-dealkylation sites (N-methyl/N-ethyl adjacent to an activating group) is 1. The van der Waals surface area contributed by atoms with Crippen LogP contribution >= 0.6 is 0 Å². The molecule has 0 spiro atoms. The largest absolute Gasteiger partial charge is 0.425 e. The molecule has 1 aromatic carbocycles. The number of para-hydroxylation sites is 1. The Bertz CT molecular complexity index is 404. The molecule has 1 aromatic rings. The highest BCUT2D eigenvalue weighted by molar-refractivity contribution is 5.93. The van der Waals surface area contributed by atoms with E-state index in [-0.39, 0.29) is 5.91 Å². The number of amides is 1. The predicted octanol–water partition coefficient (Wildman–Crippen LogP) is 0.105. The van der Waals surface area contributed by atoms with Crippen molar-refractivity contribution in [2.45, 2.75) is 12.2 Å². The molecular formula is C11H11NO4. The van der Waals surface area contributed by atoms with Gasteiger partial charge in [-0.1, -0.05) is 18.2 Å². The van der Waals surface area contributed by atoms with Crippen molar-refractivity contribution in [1.29, 1.82) is 0 Å². The molecule has 1 N–H and O–H groups in total. The van der Waals surface area contributed by atoms with Crippen LogP contribution in [0.25, 0.3) is 0 Å². The summed E-state index contributed by atoms with van der Waals surface area (Å²) in [6.45, 7) is 0. The van der Waals surface area contributed by atoms with E-state index in [1.165, 1.54) is 7.05 Å². The lowest BCUT2D eigenvalue weighted by Crippen LogP contribution is -2.28. The van der Waals surface area contributed by atoms with Crippen LogP contribution in [0, 0.1) is 0 Å². The van der Waals surface area contributed by atoms with Gasteiger partial charge in [0, 0.05) is 7.05 Å². The predicted molar refractivity (Wildman–Crippen MR) is 54.8 cm³/mol. The van der Waals surface area contributed by atoms with Crippen LogP contribution in [0.5, 0.6) is 5.75 Å². The minimum atomic E-state index is -0.778. The van der Waals surface area contributed by atoms with Crippen LogP contribution in [-0.4, -0.2) is 31.1 Å². The van der Waals surface area contributed by atoms with Crippen molar-refractivity contribution in [2.24, 2.45) is 0 Å². The van der Waals surface area contributed by atoms with Gasteiger partial charge in [-0.05, 0) is 12.1 Å². The maximum Gasteiger partial charge on any atom is 0.344 e. The molecule has 84 valence electrons. The van der Waals surface area contributed by atoms with Crippen molar-refractivity contribution in [2.75, 3.05) is 7.05 Å².